The van der Waals surface area contributed by atoms with E-state index in [1.165, 1.54) is 0 Å². The zero-order chi connectivity index (χ0) is 10.4. The molecule has 1 amide bonds. The van der Waals surface area contributed by atoms with Crippen molar-refractivity contribution in [2.45, 2.75) is 31.7 Å². The maximum atomic E-state index is 11.3. The third-order valence-electron chi connectivity index (χ3n) is 2.15. The van der Waals surface area contributed by atoms with Gasteiger partial charge in [0.15, 0.2) is 0 Å². The number of carbonyl (C=O) groups is 1. The average Bonchev–Trinajstić information content (AvgIpc) is 2.31. The molecule has 80 valence electrons. The third kappa shape index (κ3) is 4.53. The summed E-state index contributed by atoms with van der Waals surface area (Å²) in [6, 6.07) is 0.222. The molecule has 1 aliphatic heterocycles. The van der Waals surface area contributed by atoms with Crippen LogP contribution in [0.3, 0.4) is 0 Å². The number of nitrogens with two attached hydrogens (primary N) is 1. The van der Waals surface area contributed by atoms with E-state index in [1.807, 2.05) is 0 Å². The van der Waals surface area contributed by atoms with Gasteiger partial charge in [0.05, 0.1) is 11.4 Å². The van der Waals surface area contributed by atoms with Crippen LogP contribution in [-0.2, 0) is 9.53 Å². The van der Waals surface area contributed by atoms with Crippen LogP contribution in [0.4, 0.5) is 0 Å². The number of hydrogen-bond acceptors (Lipinski definition) is 3. The molecule has 1 rings (SSSR count). The predicted octanol–water partition coefficient (Wildman–Crippen LogP) is 0.348. The maximum absolute atomic E-state index is 11.3. The smallest absolute Gasteiger partial charge is 0.227 e. The lowest BCUT2D eigenvalue weighted by molar-refractivity contribution is -0.120. The molecule has 14 heavy (non-hydrogen) atoms. The van der Waals surface area contributed by atoms with Crippen LogP contribution in [-0.4, -0.2) is 30.2 Å². The average molecular weight is 216 g/mol. The van der Waals surface area contributed by atoms with Crippen molar-refractivity contribution in [2.24, 2.45) is 5.73 Å². The molecule has 0 aliphatic carbocycles. The zero-order valence-corrected chi connectivity index (χ0v) is 8.94. The number of nitrogens with one attached hydrogen (secondary N) is 1. The second kappa shape index (κ2) is 5.93. The third-order valence-corrected chi connectivity index (χ3v) is 2.30. The first-order valence-corrected chi connectivity index (χ1v) is 5.24. The fourth-order valence-electron chi connectivity index (χ4n) is 1.49. The topological polar surface area (TPSA) is 64.4 Å². The van der Waals surface area contributed by atoms with Crippen LogP contribution in [0.1, 0.15) is 25.7 Å². The van der Waals surface area contributed by atoms with E-state index >= 15 is 0 Å². The molecule has 0 aromatic rings. The standard InChI is InChI=1S/C9H16N2O2S/c10-8(14)6-9(12)11-7-2-1-4-13-5-3-7/h7H,1-6H2,(H2,10,14)(H,11,12). The Hall–Kier alpha value is -0.680. The van der Waals surface area contributed by atoms with Crippen LogP contribution in [0.2, 0.25) is 0 Å². The summed E-state index contributed by atoms with van der Waals surface area (Å²) in [6.45, 7) is 1.51. The van der Waals surface area contributed by atoms with Crippen LogP contribution in [0, 0.1) is 0 Å². The van der Waals surface area contributed by atoms with Gasteiger partial charge in [-0.3, -0.25) is 4.79 Å². The Bertz CT molecular complexity index is 213. The molecule has 0 radical (unpaired) electrons. The van der Waals surface area contributed by atoms with Crippen molar-refractivity contribution < 1.29 is 9.53 Å². The van der Waals surface area contributed by atoms with Gasteiger partial charge in [0.25, 0.3) is 0 Å². The highest BCUT2D eigenvalue weighted by atomic mass is 32.1. The van der Waals surface area contributed by atoms with E-state index in [4.69, 9.17) is 10.5 Å². The van der Waals surface area contributed by atoms with Gasteiger partial charge in [0.1, 0.15) is 0 Å². The van der Waals surface area contributed by atoms with E-state index in [0.29, 0.717) is 0 Å². The highest BCUT2D eigenvalue weighted by molar-refractivity contribution is 7.80. The quantitative estimate of drug-likeness (QED) is 0.668. The molecule has 0 spiro atoms. The number of rotatable bonds is 3. The molecule has 1 heterocycles. The molecular weight excluding hydrogens is 200 g/mol. The Morgan fingerprint density at radius 2 is 2.29 bits per heavy atom. The predicted molar refractivity (Wildman–Crippen MR) is 58.0 cm³/mol. The second-order valence-electron chi connectivity index (χ2n) is 3.45. The van der Waals surface area contributed by atoms with E-state index < -0.39 is 0 Å². The molecule has 0 bridgehead atoms. The Labute approximate surface area is 89.2 Å². The number of carbonyl (C=O) groups excluding carboxylic acids is 1. The first kappa shape index (κ1) is 11.4. The summed E-state index contributed by atoms with van der Waals surface area (Å²) in [7, 11) is 0. The molecule has 1 atom stereocenters. The monoisotopic (exact) mass is 216 g/mol. The number of thiocarbonyl (C=S) groups is 1. The van der Waals surface area contributed by atoms with E-state index in [-0.39, 0.29) is 23.4 Å². The SMILES string of the molecule is NC(=S)CC(=O)NC1CCCOCC1. The summed E-state index contributed by atoms with van der Waals surface area (Å²) in [4.78, 5) is 11.6. The van der Waals surface area contributed by atoms with Crippen LogP contribution in [0.5, 0.6) is 0 Å². The minimum Gasteiger partial charge on any atom is -0.393 e. The van der Waals surface area contributed by atoms with E-state index in [1.54, 1.807) is 0 Å². The molecule has 4 nitrogen and oxygen atoms in total. The van der Waals surface area contributed by atoms with Gasteiger partial charge in [-0.25, -0.2) is 0 Å². The van der Waals surface area contributed by atoms with E-state index in [0.717, 1.165) is 32.5 Å². The molecule has 3 N–H and O–H groups in total. The van der Waals surface area contributed by atoms with Crippen molar-refractivity contribution in [1.29, 1.82) is 0 Å². The molecule has 1 unspecified atom stereocenters. The van der Waals surface area contributed by atoms with E-state index in [9.17, 15) is 4.79 Å². The van der Waals surface area contributed by atoms with Gasteiger partial charge in [-0.1, -0.05) is 12.2 Å². The highest BCUT2D eigenvalue weighted by Crippen LogP contribution is 2.07. The lowest BCUT2D eigenvalue weighted by Gasteiger charge is -2.14. The molecule has 1 saturated heterocycles. The summed E-state index contributed by atoms with van der Waals surface area (Å²) in [5.74, 6) is -0.0793. The Morgan fingerprint density at radius 3 is 3.00 bits per heavy atom. The molecule has 0 aromatic carbocycles. The fourth-order valence-corrected chi connectivity index (χ4v) is 1.62. The van der Waals surface area contributed by atoms with Gasteiger partial charge in [0, 0.05) is 19.3 Å². The van der Waals surface area contributed by atoms with Crippen LogP contribution < -0.4 is 11.1 Å². The minimum atomic E-state index is -0.0793. The molecule has 0 aromatic heterocycles. The summed E-state index contributed by atoms with van der Waals surface area (Å²) >= 11 is 4.66. The summed E-state index contributed by atoms with van der Waals surface area (Å²) in [5.41, 5.74) is 5.28. The first-order chi connectivity index (χ1) is 6.68. The van der Waals surface area contributed by atoms with Crippen molar-refractivity contribution in [1.82, 2.24) is 5.32 Å². The first-order valence-electron chi connectivity index (χ1n) is 4.84. The fraction of sp³-hybridized carbons (Fsp3) is 0.778. The normalized spacial score (nSPS) is 22.4. The van der Waals surface area contributed by atoms with Gasteiger partial charge in [-0.2, -0.15) is 0 Å². The van der Waals surface area contributed by atoms with Crippen molar-refractivity contribution in [3.63, 3.8) is 0 Å². The molecule has 1 fully saturated rings. The molecule has 5 heteroatoms. The summed E-state index contributed by atoms with van der Waals surface area (Å²) in [6.07, 6.45) is 3.00. The number of ether oxygens (including phenoxy) is 1. The summed E-state index contributed by atoms with van der Waals surface area (Å²) in [5, 5.41) is 2.90. The van der Waals surface area contributed by atoms with Crippen LogP contribution in [0.15, 0.2) is 0 Å². The lowest BCUT2D eigenvalue weighted by Crippen LogP contribution is -2.36. The Morgan fingerprint density at radius 1 is 1.50 bits per heavy atom. The van der Waals surface area contributed by atoms with Gasteiger partial charge in [-0.15, -0.1) is 0 Å². The number of hydrogen-bond donors (Lipinski definition) is 2. The zero-order valence-electron chi connectivity index (χ0n) is 8.12. The van der Waals surface area contributed by atoms with Crippen molar-refractivity contribution >= 4 is 23.1 Å². The molecule has 0 saturated carbocycles. The second-order valence-corrected chi connectivity index (χ2v) is 3.98. The van der Waals surface area contributed by atoms with Crippen molar-refractivity contribution in [2.75, 3.05) is 13.2 Å². The summed E-state index contributed by atoms with van der Waals surface area (Å²) < 4.78 is 5.29. The maximum Gasteiger partial charge on any atom is 0.227 e. The lowest BCUT2D eigenvalue weighted by atomic mass is 10.1. The van der Waals surface area contributed by atoms with Crippen LogP contribution in [0.25, 0.3) is 0 Å². The minimum absolute atomic E-state index is 0.0793. The molecule has 1 aliphatic rings. The Kier molecular flexibility index (Phi) is 4.82. The largest absolute Gasteiger partial charge is 0.393 e. The highest BCUT2D eigenvalue weighted by Gasteiger charge is 2.14. The number of amides is 1. The van der Waals surface area contributed by atoms with Gasteiger partial charge >= 0.3 is 0 Å². The Balaban J connectivity index is 2.27. The van der Waals surface area contributed by atoms with Crippen LogP contribution >= 0.6 is 12.2 Å². The van der Waals surface area contributed by atoms with Crippen molar-refractivity contribution in [3.05, 3.63) is 0 Å². The van der Waals surface area contributed by atoms with Gasteiger partial charge in [-0.05, 0) is 19.3 Å². The van der Waals surface area contributed by atoms with Crippen molar-refractivity contribution in [3.8, 4) is 0 Å². The molecular formula is C9H16N2O2S. The van der Waals surface area contributed by atoms with E-state index in [2.05, 4.69) is 17.5 Å². The van der Waals surface area contributed by atoms with Gasteiger partial charge in [0.2, 0.25) is 5.91 Å². The van der Waals surface area contributed by atoms with Gasteiger partial charge < -0.3 is 15.8 Å².